The van der Waals surface area contributed by atoms with E-state index < -0.39 is 0 Å². The average Bonchev–Trinajstić information content (AvgIpc) is 2.62. The van der Waals surface area contributed by atoms with Gasteiger partial charge in [0, 0.05) is 30.9 Å². The number of benzene rings is 1. The minimum Gasteiger partial charge on any atom is -0.497 e. The largest absolute Gasteiger partial charge is 0.497 e. The van der Waals surface area contributed by atoms with Crippen LogP contribution >= 0.6 is 0 Å². The van der Waals surface area contributed by atoms with Crippen molar-refractivity contribution in [2.45, 2.75) is 25.2 Å². The third-order valence-corrected chi connectivity index (χ3v) is 4.40. The average molecular weight is 327 g/mol. The lowest BCUT2D eigenvalue weighted by Gasteiger charge is -2.32. The quantitative estimate of drug-likeness (QED) is 0.928. The van der Waals surface area contributed by atoms with Gasteiger partial charge >= 0.3 is 5.69 Å². The summed E-state index contributed by atoms with van der Waals surface area (Å²) in [6, 6.07) is 9.40. The Kier molecular flexibility index (Phi) is 4.93. The fraction of sp³-hybridized carbons (Fsp3) is 0.389. The fourth-order valence-corrected chi connectivity index (χ4v) is 3.15. The Hall–Kier alpha value is -2.63. The van der Waals surface area contributed by atoms with E-state index in [0.29, 0.717) is 13.0 Å². The molecule has 2 heterocycles. The minimum atomic E-state index is -0.340. The summed E-state index contributed by atoms with van der Waals surface area (Å²) in [5.74, 6) is 1.01. The molecule has 1 aromatic heterocycles. The molecular formula is C18H21N3O3. The number of hydrogen-bond donors (Lipinski definition) is 1. The SMILES string of the molecule is COc1cccc(CC(=O)N2CCC[C@@H](c3ccnc(=O)[nH]3)C2)c1. The van der Waals surface area contributed by atoms with Crippen molar-refractivity contribution in [1.82, 2.24) is 14.9 Å². The van der Waals surface area contributed by atoms with Gasteiger partial charge < -0.3 is 14.6 Å². The number of amides is 1. The Morgan fingerprint density at radius 2 is 2.29 bits per heavy atom. The lowest BCUT2D eigenvalue weighted by Crippen LogP contribution is -2.40. The van der Waals surface area contributed by atoms with Crippen LogP contribution in [0.1, 0.15) is 30.0 Å². The van der Waals surface area contributed by atoms with E-state index in [2.05, 4.69) is 9.97 Å². The number of aromatic amines is 1. The molecule has 0 spiro atoms. The molecule has 1 aliphatic rings. The van der Waals surface area contributed by atoms with Crippen molar-refractivity contribution in [1.29, 1.82) is 0 Å². The van der Waals surface area contributed by atoms with Crippen LogP contribution in [0.3, 0.4) is 0 Å². The predicted molar refractivity (Wildman–Crippen MR) is 90.1 cm³/mol. The van der Waals surface area contributed by atoms with E-state index >= 15 is 0 Å². The highest BCUT2D eigenvalue weighted by molar-refractivity contribution is 5.79. The third-order valence-electron chi connectivity index (χ3n) is 4.40. The molecule has 1 aromatic carbocycles. The van der Waals surface area contributed by atoms with Gasteiger partial charge in [-0.25, -0.2) is 9.78 Å². The molecule has 3 rings (SSSR count). The molecular weight excluding hydrogens is 306 g/mol. The van der Waals surface area contributed by atoms with Crippen LogP contribution in [0, 0.1) is 0 Å². The molecule has 1 saturated heterocycles. The zero-order chi connectivity index (χ0) is 16.9. The summed E-state index contributed by atoms with van der Waals surface area (Å²) in [7, 11) is 1.62. The summed E-state index contributed by atoms with van der Waals surface area (Å²) in [5, 5.41) is 0. The zero-order valence-electron chi connectivity index (χ0n) is 13.7. The molecule has 0 radical (unpaired) electrons. The minimum absolute atomic E-state index is 0.101. The first-order valence-corrected chi connectivity index (χ1v) is 8.11. The molecule has 0 saturated carbocycles. The van der Waals surface area contributed by atoms with Crippen LogP contribution in [0.25, 0.3) is 0 Å². The molecule has 1 aliphatic heterocycles. The number of carbonyl (C=O) groups is 1. The Balaban J connectivity index is 1.67. The van der Waals surface area contributed by atoms with Gasteiger partial charge in [-0.15, -0.1) is 0 Å². The lowest BCUT2D eigenvalue weighted by atomic mass is 9.94. The Labute approximate surface area is 140 Å². The number of likely N-dealkylation sites (tertiary alicyclic amines) is 1. The van der Waals surface area contributed by atoms with Gasteiger partial charge in [-0.1, -0.05) is 12.1 Å². The standard InChI is InChI=1S/C18H21N3O3/c1-24-15-6-2-4-13(10-15)11-17(22)21-9-3-5-14(12-21)16-7-8-19-18(23)20-16/h2,4,6-8,10,14H,3,5,9,11-12H2,1H3,(H,19,20,23)/t14-/m1/s1. The van der Waals surface area contributed by atoms with Gasteiger partial charge in [-0.2, -0.15) is 0 Å². The fourth-order valence-electron chi connectivity index (χ4n) is 3.15. The second kappa shape index (κ2) is 7.29. The number of aromatic nitrogens is 2. The van der Waals surface area contributed by atoms with Crippen molar-refractivity contribution in [2.75, 3.05) is 20.2 Å². The highest BCUT2D eigenvalue weighted by Crippen LogP contribution is 2.25. The first-order chi connectivity index (χ1) is 11.7. The zero-order valence-corrected chi connectivity index (χ0v) is 13.7. The summed E-state index contributed by atoms with van der Waals surface area (Å²) >= 11 is 0. The topological polar surface area (TPSA) is 75.3 Å². The lowest BCUT2D eigenvalue weighted by molar-refractivity contribution is -0.131. The number of nitrogens with one attached hydrogen (secondary N) is 1. The molecule has 24 heavy (non-hydrogen) atoms. The summed E-state index contributed by atoms with van der Waals surface area (Å²) in [6.45, 7) is 1.39. The van der Waals surface area contributed by atoms with E-state index in [1.807, 2.05) is 35.2 Å². The van der Waals surface area contributed by atoms with Gasteiger partial charge in [0.2, 0.25) is 5.91 Å². The van der Waals surface area contributed by atoms with Crippen molar-refractivity contribution in [3.05, 3.63) is 58.3 Å². The normalized spacial score (nSPS) is 17.5. The molecule has 2 aromatic rings. The van der Waals surface area contributed by atoms with Crippen molar-refractivity contribution in [3.8, 4) is 5.75 Å². The predicted octanol–water partition coefficient (Wildman–Crippen LogP) is 1.73. The van der Waals surface area contributed by atoms with Gasteiger partial charge in [-0.05, 0) is 36.6 Å². The van der Waals surface area contributed by atoms with E-state index in [-0.39, 0.29) is 17.5 Å². The first-order valence-electron chi connectivity index (χ1n) is 8.11. The Morgan fingerprint density at radius 3 is 3.08 bits per heavy atom. The molecule has 1 N–H and O–H groups in total. The Morgan fingerprint density at radius 1 is 1.42 bits per heavy atom. The number of rotatable bonds is 4. The van der Waals surface area contributed by atoms with E-state index in [0.717, 1.165) is 36.4 Å². The maximum absolute atomic E-state index is 12.6. The van der Waals surface area contributed by atoms with Crippen LogP contribution in [-0.2, 0) is 11.2 Å². The van der Waals surface area contributed by atoms with Gasteiger partial charge in [0.25, 0.3) is 0 Å². The van der Waals surface area contributed by atoms with Crippen LogP contribution in [-0.4, -0.2) is 41.0 Å². The van der Waals surface area contributed by atoms with E-state index in [1.54, 1.807) is 7.11 Å². The highest BCUT2D eigenvalue weighted by atomic mass is 16.5. The van der Waals surface area contributed by atoms with E-state index in [1.165, 1.54) is 6.20 Å². The van der Waals surface area contributed by atoms with Crippen LogP contribution < -0.4 is 10.4 Å². The first kappa shape index (κ1) is 16.2. The molecule has 0 bridgehead atoms. The van der Waals surface area contributed by atoms with Crippen molar-refractivity contribution in [3.63, 3.8) is 0 Å². The smallest absolute Gasteiger partial charge is 0.345 e. The molecule has 6 heteroatoms. The maximum atomic E-state index is 12.6. The molecule has 1 atom stereocenters. The second-order valence-corrected chi connectivity index (χ2v) is 6.04. The van der Waals surface area contributed by atoms with Crippen LogP contribution in [0.15, 0.2) is 41.3 Å². The second-order valence-electron chi connectivity index (χ2n) is 6.04. The van der Waals surface area contributed by atoms with Gasteiger partial charge in [0.1, 0.15) is 5.75 Å². The number of methoxy groups -OCH3 is 1. The van der Waals surface area contributed by atoms with Gasteiger partial charge in [-0.3, -0.25) is 4.79 Å². The number of nitrogens with zero attached hydrogens (tertiary/aromatic N) is 2. The maximum Gasteiger partial charge on any atom is 0.345 e. The monoisotopic (exact) mass is 327 g/mol. The third kappa shape index (κ3) is 3.82. The molecule has 6 nitrogen and oxygen atoms in total. The van der Waals surface area contributed by atoms with Crippen molar-refractivity contribution >= 4 is 5.91 Å². The number of ether oxygens (including phenoxy) is 1. The van der Waals surface area contributed by atoms with E-state index in [9.17, 15) is 9.59 Å². The molecule has 1 fully saturated rings. The van der Waals surface area contributed by atoms with Crippen LogP contribution in [0.2, 0.25) is 0 Å². The van der Waals surface area contributed by atoms with Crippen molar-refractivity contribution in [2.24, 2.45) is 0 Å². The van der Waals surface area contributed by atoms with Gasteiger partial charge in [0.05, 0.1) is 13.5 Å². The summed E-state index contributed by atoms with van der Waals surface area (Å²) < 4.78 is 5.20. The number of H-pyrrole nitrogens is 1. The summed E-state index contributed by atoms with van der Waals surface area (Å²) in [6.07, 6.45) is 3.77. The molecule has 126 valence electrons. The van der Waals surface area contributed by atoms with Crippen LogP contribution in [0.4, 0.5) is 0 Å². The summed E-state index contributed by atoms with van der Waals surface area (Å²) in [5.41, 5.74) is 1.46. The van der Waals surface area contributed by atoms with Crippen LogP contribution in [0.5, 0.6) is 5.75 Å². The number of carbonyl (C=O) groups excluding carboxylic acids is 1. The van der Waals surface area contributed by atoms with E-state index in [4.69, 9.17) is 4.74 Å². The Bertz CT molecular complexity index is 772. The molecule has 1 amide bonds. The number of piperidine rings is 1. The molecule has 0 unspecified atom stereocenters. The number of hydrogen-bond acceptors (Lipinski definition) is 4. The summed E-state index contributed by atoms with van der Waals surface area (Å²) in [4.78, 5) is 32.3. The highest BCUT2D eigenvalue weighted by Gasteiger charge is 2.25. The molecule has 0 aliphatic carbocycles. The van der Waals surface area contributed by atoms with Crippen molar-refractivity contribution < 1.29 is 9.53 Å². The van der Waals surface area contributed by atoms with Gasteiger partial charge in [0.15, 0.2) is 0 Å².